The maximum Gasteiger partial charge on any atom is 0.534 e. The molecule has 0 saturated carbocycles. The number of halogens is 4. The van der Waals surface area contributed by atoms with Crippen molar-refractivity contribution in [2.45, 2.75) is 31.9 Å². The summed E-state index contributed by atoms with van der Waals surface area (Å²) >= 11 is 0. The lowest BCUT2D eigenvalue weighted by Crippen LogP contribution is -2.28. The first-order valence-corrected chi connectivity index (χ1v) is 9.11. The zero-order valence-corrected chi connectivity index (χ0v) is 16.5. The Bertz CT molecular complexity index is 922. The summed E-state index contributed by atoms with van der Waals surface area (Å²) < 4.78 is 86.0. The number of carbonyl (C=O) groups excluding carboxylic acids is 1. The van der Waals surface area contributed by atoms with Crippen LogP contribution >= 0.6 is 0 Å². The van der Waals surface area contributed by atoms with Crippen LogP contribution in [-0.4, -0.2) is 43.3 Å². The zero-order valence-electron chi connectivity index (χ0n) is 15.7. The first-order valence-electron chi connectivity index (χ1n) is 7.70. The molecule has 0 aliphatic rings. The number of alkyl halides is 3. The Kier molecular flexibility index (Phi) is 7.61. The van der Waals surface area contributed by atoms with E-state index in [1.54, 1.807) is 0 Å². The summed E-state index contributed by atoms with van der Waals surface area (Å²) in [6, 6.07) is 1.49. The van der Waals surface area contributed by atoms with E-state index in [-0.39, 0.29) is 16.9 Å². The lowest BCUT2D eigenvalue weighted by molar-refractivity contribution is -0.138. The second kappa shape index (κ2) is 9.11. The van der Waals surface area contributed by atoms with Crippen LogP contribution < -0.4 is 8.92 Å². The van der Waals surface area contributed by atoms with E-state index in [1.165, 1.54) is 12.4 Å². The normalized spacial score (nSPS) is 11.9. The molecule has 0 radical (unpaired) electrons. The van der Waals surface area contributed by atoms with Crippen LogP contribution in [0.4, 0.5) is 17.6 Å². The second-order valence-electron chi connectivity index (χ2n) is 6.28. The van der Waals surface area contributed by atoms with Gasteiger partial charge in [0.05, 0.1) is 13.3 Å². The van der Waals surface area contributed by atoms with Crippen LogP contribution in [0.2, 0.25) is 0 Å². The lowest BCUT2D eigenvalue weighted by atomic mass is 10.1. The molecule has 0 amide bonds. The average Bonchev–Trinajstić information content (AvgIpc) is 3.07. The smallest absolute Gasteiger partial charge is 0.493 e. The summed E-state index contributed by atoms with van der Waals surface area (Å²) in [5, 5.41) is 6.03. The maximum absolute atomic E-state index is 13.9. The van der Waals surface area contributed by atoms with Crippen molar-refractivity contribution in [2.75, 3.05) is 7.11 Å². The molecular formula is C16H18F4N2O6S. The first kappa shape index (κ1) is 24.2. The van der Waals surface area contributed by atoms with Gasteiger partial charge in [0.1, 0.15) is 11.4 Å². The number of carbonyl (C=O) groups is 1. The molecule has 162 valence electrons. The number of aromatic nitrogens is 2. The highest BCUT2D eigenvalue weighted by atomic mass is 32.2. The van der Waals surface area contributed by atoms with Crippen LogP contribution in [0.5, 0.6) is 11.5 Å². The first-order chi connectivity index (χ1) is 13.2. The predicted octanol–water partition coefficient (Wildman–Crippen LogP) is 3.41. The molecule has 29 heavy (non-hydrogen) atoms. The quantitative estimate of drug-likeness (QED) is 0.327. The van der Waals surface area contributed by atoms with E-state index in [1.807, 2.05) is 20.8 Å². The summed E-state index contributed by atoms with van der Waals surface area (Å²) in [5.74, 6) is -2.30. The third-order valence-corrected chi connectivity index (χ3v) is 3.91. The van der Waals surface area contributed by atoms with Gasteiger partial charge in [0.15, 0.2) is 11.5 Å². The highest BCUT2D eigenvalue weighted by molar-refractivity contribution is 7.88. The van der Waals surface area contributed by atoms with E-state index in [0.29, 0.717) is 18.1 Å². The molecule has 0 unspecified atom stereocenters. The molecule has 0 bridgehead atoms. The van der Waals surface area contributed by atoms with Crippen molar-refractivity contribution in [3.63, 3.8) is 0 Å². The molecule has 1 aromatic carbocycles. The van der Waals surface area contributed by atoms with Gasteiger partial charge in [0.25, 0.3) is 6.47 Å². The van der Waals surface area contributed by atoms with Crippen molar-refractivity contribution in [3.05, 3.63) is 30.3 Å². The van der Waals surface area contributed by atoms with Gasteiger partial charge in [-0.1, -0.05) is 0 Å². The number of hydrogen-bond acceptors (Lipinski definition) is 7. The minimum absolute atomic E-state index is 0.0534. The van der Waals surface area contributed by atoms with Crippen molar-refractivity contribution in [1.29, 1.82) is 0 Å². The molecule has 0 fully saturated rings. The largest absolute Gasteiger partial charge is 0.534 e. The van der Waals surface area contributed by atoms with Gasteiger partial charge in [0, 0.05) is 23.4 Å². The van der Waals surface area contributed by atoms with Crippen molar-refractivity contribution in [3.8, 4) is 22.6 Å². The number of aromatic amines is 1. The van der Waals surface area contributed by atoms with E-state index in [4.69, 9.17) is 4.74 Å². The SMILES string of the molecule is CC(C)(C)OC=O.COc1cc(-c2cn[nH]c2)c(F)cc1OS(=O)(=O)C(F)(F)F. The molecule has 2 aromatic rings. The van der Waals surface area contributed by atoms with Crippen LogP contribution in [0.25, 0.3) is 11.1 Å². The van der Waals surface area contributed by atoms with Gasteiger partial charge in [-0.2, -0.15) is 26.7 Å². The van der Waals surface area contributed by atoms with Crippen molar-refractivity contribution < 1.29 is 44.4 Å². The highest BCUT2D eigenvalue weighted by Gasteiger charge is 2.49. The van der Waals surface area contributed by atoms with Gasteiger partial charge in [-0.05, 0) is 26.8 Å². The zero-order chi connectivity index (χ0) is 22.5. The molecule has 0 saturated heterocycles. The monoisotopic (exact) mass is 442 g/mol. The third-order valence-electron chi connectivity index (χ3n) is 2.95. The number of rotatable bonds is 5. The summed E-state index contributed by atoms with van der Waals surface area (Å²) in [6.07, 6.45) is 2.61. The fourth-order valence-corrected chi connectivity index (χ4v) is 2.15. The minimum Gasteiger partial charge on any atom is -0.493 e. The summed E-state index contributed by atoms with van der Waals surface area (Å²) in [7, 11) is -4.86. The Balaban J connectivity index is 0.000000516. The molecule has 1 heterocycles. The van der Waals surface area contributed by atoms with Crippen LogP contribution in [0.1, 0.15) is 20.8 Å². The van der Waals surface area contributed by atoms with Gasteiger partial charge in [0.2, 0.25) is 0 Å². The van der Waals surface area contributed by atoms with Crippen molar-refractivity contribution in [2.24, 2.45) is 0 Å². The number of methoxy groups -OCH3 is 1. The molecular weight excluding hydrogens is 424 g/mol. The number of nitrogens with zero attached hydrogens (tertiary/aromatic N) is 1. The molecule has 2 rings (SSSR count). The van der Waals surface area contributed by atoms with Gasteiger partial charge < -0.3 is 13.7 Å². The standard InChI is InChI=1S/C11H8F4N2O4S.C5H10O2/c1-20-9-2-7(6-4-16-17-5-6)8(12)3-10(9)21-22(18,19)11(13,14)15;1-5(2,3)7-4-6/h2-5H,1H3,(H,16,17);4H,1-3H3. The van der Waals surface area contributed by atoms with E-state index < -0.39 is 27.2 Å². The number of hydrogen-bond donors (Lipinski definition) is 1. The topological polar surface area (TPSA) is 108 Å². The van der Waals surface area contributed by atoms with E-state index in [0.717, 1.165) is 13.2 Å². The van der Waals surface area contributed by atoms with Crippen molar-refractivity contribution in [1.82, 2.24) is 10.2 Å². The number of H-pyrrole nitrogens is 1. The molecule has 0 aliphatic heterocycles. The molecule has 0 aliphatic carbocycles. The summed E-state index contributed by atoms with van der Waals surface area (Å²) in [5.41, 5.74) is -5.72. The van der Waals surface area contributed by atoms with E-state index in [2.05, 4.69) is 19.1 Å². The third kappa shape index (κ3) is 6.93. The Morgan fingerprint density at radius 2 is 1.76 bits per heavy atom. The predicted molar refractivity (Wildman–Crippen MR) is 93.0 cm³/mol. The average molecular weight is 442 g/mol. The number of nitrogens with one attached hydrogen (secondary N) is 1. The van der Waals surface area contributed by atoms with Gasteiger partial charge >= 0.3 is 15.6 Å². The fraction of sp³-hybridized carbons (Fsp3) is 0.375. The van der Waals surface area contributed by atoms with Crippen LogP contribution in [0.15, 0.2) is 24.5 Å². The fourth-order valence-electron chi connectivity index (χ4n) is 1.69. The molecule has 13 heteroatoms. The molecule has 1 aromatic heterocycles. The van der Waals surface area contributed by atoms with Crippen LogP contribution in [0, 0.1) is 5.82 Å². The second-order valence-corrected chi connectivity index (χ2v) is 7.82. The Hall–Kier alpha value is -2.83. The van der Waals surface area contributed by atoms with Crippen LogP contribution in [-0.2, 0) is 19.6 Å². The van der Waals surface area contributed by atoms with Gasteiger partial charge in [-0.15, -0.1) is 0 Å². The molecule has 1 N–H and O–H groups in total. The Morgan fingerprint density at radius 3 is 2.14 bits per heavy atom. The minimum atomic E-state index is -5.93. The van der Waals surface area contributed by atoms with Crippen molar-refractivity contribution >= 4 is 16.6 Å². The highest BCUT2D eigenvalue weighted by Crippen LogP contribution is 2.37. The molecule has 8 nitrogen and oxygen atoms in total. The summed E-state index contributed by atoms with van der Waals surface area (Å²) in [6.45, 7) is 5.92. The van der Waals surface area contributed by atoms with Gasteiger partial charge in [-0.3, -0.25) is 9.89 Å². The number of ether oxygens (including phenoxy) is 2. The van der Waals surface area contributed by atoms with Crippen LogP contribution in [0.3, 0.4) is 0 Å². The Morgan fingerprint density at radius 1 is 1.14 bits per heavy atom. The van der Waals surface area contributed by atoms with Gasteiger partial charge in [-0.25, -0.2) is 4.39 Å². The maximum atomic E-state index is 13.9. The van der Waals surface area contributed by atoms with E-state index >= 15 is 0 Å². The molecule has 0 spiro atoms. The number of benzene rings is 1. The Labute approximate surface area is 163 Å². The molecule has 0 atom stereocenters. The van der Waals surface area contributed by atoms with E-state index in [9.17, 15) is 30.8 Å². The summed E-state index contributed by atoms with van der Waals surface area (Å²) in [4.78, 5) is 9.60. The lowest BCUT2D eigenvalue weighted by Gasteiger charge is -2.14.